The standard InChI is InChI=1S/C11H20N2O4S/c1-3-4-6-13(2)11(15)10(14)12-9-5-7-18(16,17)8-9/h9H,3-8H2,1-2H3,(H,12,14). The van der Waals surface area contributed by atoms with Crippen LogP contribution in [0.2, 0.25) is 0 Å². The van der Waals surface area contributed by atoms with Crippen LogP contribution in [-0.4, -0.2) is 56.3 Å². The van der Waals surface area contributed by atoms with Crippen LogP contribution < -0.4 is 5.32 Å². The summed E-state index contributed by atoms with van der Waals surface area (Å²) in [4.78, 5) is 24.6. The lowest BCUT2D eigenvalue weighted by molar-refractivity contribution is -0.145. The second kappa shape index (κ2) is 6.17. The molecule has 1 fully saturated rings. The summed E-state index contributed by atoms with van der Waals surface area (Å²) in [6.07, 6.45) is 2.17. The molecule has 1 rings (SSSR count). The van der Waals surface area contributed by atoms with E-state index in [2.05, 4.69) is 5.32 Å². The Morgan fingerprint density at radius 2 is 2.06 bits per heavy atom. The van der Waals surface area contributed by atoms with E-state index in [0.29, 0.717) is 13.0 Å². The third kappa shape index (κ3) is 4.29. The normalized spacial score (nSPS) is 21.6. The number of nitrogens with one attached hydrogen (secondary N) is 1. The van der Waals surface area contributed by atoms with Gasteiger partial charge in [0.2, 0.25) is 0 Å². The van der Waals surface area contributed by atoms with Crippen molar-refractivity contribution in [3.63, 3.8) is 0 Å². The minimum atomic E-state index is -3.04. The minimum absolute atomic E-state index is 0.0648. The Hall–Kier alpha value is -1.11. The second-order valence-electron chi connectivity index (χ2n) is 4.65. The Morgan fingerprint density at radius 1 is 1.39 bits per heavy atom. The van der Waals surface area contributed by atoms with Gasteiger partial charge in [-0.1, -0.05) is 13.3 Å². The lowest BCUT2D eigenvalue weighted by atomic mass is 10.2. The van der Waals surface area contributed by atoms with Gasteiger partial charge in [-0.05, 0) is 12.8 Å². The molecule has 1 aliphatic heterocycles. The third-order valence-corrected chi connectivity index (χ3v) is 4.72. The molecule has 1 N–H and O–H groups in total. The van der Waals surface area contributed by atoms with Crippen LogP contribution in [0, 0.1) is 0 Å². The first kappa shape index (κ1) is 14.9. The molecule has 1 atom stereocenters. The highest BCUT2D eigenvalue weighted by Crippen LogP contribution is 2.11. The van der Waals surface area contributed by atoms with Crippen molar-refractivity contribution in [3.05, 3.63) is 0 Å². The van der Waals surface area contributed by atoms with Crippen LogP contribution in [0.4, 0.5) is 0 Å². The highest BCUT2D eigenvalue weighted by molar-refractivity contribution is 7.91. The van der Waals surface area contributed by atoms with Gasteiger partial charge < -0.3 is 10.2 Å². The molecule has 2 amide bonds. The van der Waals surface area contributed by atoms with E-state index in [0.717, 1.165) is 12.8 Å². The van der Waals surface area contributed by atoms with Crippen molar-refractivity contribution in [1.29, 1.82) is 0 Å². The summed E-state index contributed by atoms with van der Waals surface area (Å²) in [5.74, 6) is -1.30. The van der Waals surface area contributed by atoms with Crippen LogP contribution in [0.3, 0.4) is 0 Å². The zero-order valence-corrected chi connectivity index (χ0v) is 11.6. The fraction of sp³-hybridized carbons (Fsp3) is 0.818. The summed E-state index contributed by atoms with van der Waals surface area (Å²) >= 11 is 0. The van der Waals surface area contributed by atoms with Gasteiger partial charge in [-0.2, -0.15) is 0 Å². The average molecular weight is 276 g/mol. The predicted molar refractivity (Wildman–Crippen MR) is 67.7 cm³/mol. The first-order valence-corrected chi connectivity index (χ1v) is 7.94. The number of hydrogen-bond acceptors (Lipinski definition) is 4. The minimum Gasteiger partial charge on any atom is -0.344 e. The summed E-state index contributed by atoms with van der Waals surface area (Å²) < 4.78 is 22.4. The Bertz CT molecular complexity index is 419. The number of hydrogen-bond donors (Lipinski definition) is 1. The molecule has 6 nitrogen and oxygen atoms in total. The number of rotatable bonds is 4. The highest BCUT2D eigenvalue weighted by atomic mass is 32.2. The predicted octanol–water partition coefficient (Wildman–Crippen LogP) is -0.452. The number of carbonyl (C=O) groups excluding carboxylic acids is 2. The molecule has 0 aromatic carbocycles. The van der Waals surface area contributed by atoms with E-state index in [1.165, 1.54) is 4.90 Å². The number of likely N-dealkylation sites (N-methyl/N-ethyl adjacent to an activating group) is 1. The van der Waals surface area contributed by atoms with Crippen molar-refractivity contribution in [3.8, 4) is 0 Å². The summed E-state index contributed by atoms with van der Waals surface area (Å²) in [5, 5.41) is 2.48. The summed E-state index contributed by atoms with van der Waals surface area (Å²) in [6, 6.07) is -0.425. The molecule has 1 aliphatic rings. The van der Waals surface area contributed by atoms with Crippen molar-refractivity contribution >= 4 is 21.7 Å². The van der Waals surface area contributed by atoms with Gasteiger partial charge in [-0.25, -0.2) is 8.42 Å². The molecule has 1 unspecified atom stereocenters. The zero-order chi connectivity index (χ0) is 13.8. The zero-order valence-electron chi connectivity index (χ0n) is 10.8. The third-order valence-electron chi connectivity index (χ3n) is 2.96. The SMILES string of the molecule is CCCCN(C)C(=O)C(=O)NC1CCS(=O)(=O)C1. The summed E-state index contributed by atoms with van der Waals surface area (Å²) in [7, 11) is -1.47. The largest absolute Gasteiger partial charge is 0.344 e. The molecule has 1 heterocycles. The lowest BCUT2D eigenvalue weighted by Crippen LogP contribution is -2.45. The van der Waals surface area contributed by atoms with E-state index < -0.39 is 27.7 Å². The van der Waals surface area contributed by atoms with Crippen LogP contribution >= 0.6 is 0 Å². The molecule has 0 aromatic rings. The smallest absolute Gasteiger partial charge is 0.311 e. The number of amides is 2. The maximum atomic E-state index is 11.7. The van der Waals surface area contributed by atoms with E-state index in [-0.39, 0.29) is 11.5 Å². The molecular weight excluding hydrogens is 256 g/mol. The van der Waals surface area contributed by atoms with E-state index in [1.807, 2.05) is 6.92 Å². The van der Waals surface area contributed by atoms with Crippen molar-refractivity contribution < 1.29 is 18.0 Å². The second-order valence-corrected chi connectivity index (χ2v) is 6.88. The van der Waals surface area contributed by atoms with Crippen LogP contribution in [0.1, 0.15) is 26.2 Å². The molecule has 1 saturated heterocycles. The van der Waals surface area contributed by atoms with Crippen molar-refractivity contribution in [2.75, 3.05) is 25.1 Å². The molecule has 7 heteroatoms. The van der Waals surface area contributed by atoms with Crippen LogP contribution in [-0.2, 0) is 19.4 Å². The van der Waals surface area contributed by atoms with Gasteiger partial charge in [0, 0.05) is 19.6 Å². The number of unbranched alkanes of at least 4 members (excludes halogenated alkanes) is 1. The maximum Gasteiger partial charge on any atom is 0.311 e. The van der Waals surface area contributed by atoms with Gasteiger partial charge in [-0.3, -0.25) is 9.59 Å². The van der Waals surface area contributed by atoms with Crippen molar-refractivity contribution in [1.82, 2.24) is 10.2 Å². The fourth-order valence-corrected chi connectivity index (χ4v) is 3.50. The number of nitrogens with zero attached hydrogens (tertiary/aromatic N) is 1. The molecule has 0 bridgehead atoms. The van der Waals surface area contributed by atoms with Gasteiger partial charge in [0.05, 0.1) is 11.5 Å². The van der Waals surface area contributed by atoms with Gasteiger partial charge in [0.25, 0.3) is 0 Å². The molecule has 0 saturated carbocycles. The molecule has 0 spiro atoms. The Morgan fingerprint density at radius 3 is 2.56 bits per heavy atom. The number of carbonyl (C=O) groups is 2. The number of sulfone groups is 1. The van der Waals surface area contributed by atoms with Crippen molar-refractivity contribution in [2.24, 2.45) is 0 Å². The molecule has 104 valence electrons. The van der Waals surface area contributed by atoms with E-state index in [9.17, 15) is 18.0 Å². The molecule has 0 radical (unpaired) electrons. The maximum absolute atomic E-state index is 11.7. The van der Waals surface area contributed by atoms with E-state index in [1.54, 1.807) is 7.05 Å². The molecule has 18 heavy (non-hydrogen) atoms. The van der Waals surface area contributed by atoms with Gasteiger partial charge >= 0.3 is 11.8 Å². The van der Waals surface area contributed by atoms with Gasteiger partial charge in [0.1, 0.15) is 0 Å². The Labute approximate surface area is 108 Å². The van der Waals surface area contributed by atoms with Gasteiger partial charge in [-0.15, -0.1) is 0 Å². The van der Waals surface area contributed by atoms with Gasteiger partial charge in [0.15, 0.2) is 9.84 Å². The monoisotopic (exact) mass is 276 g/mol. The summed E-state index contributed by atoms with van der Waals surface area (Å²) in [5.41, 5.74) is 0. The molecular formula is C11H20N2O4S. The van der Waals surface area contributed by atoms with Crippen LogP contribution in [0.15, 0.2) is 0 Å². The van der Waals surface area contributed by atoms with E-state index >= 15 is 0 Å². The fourth-order valence-electron chi connectivity index (χ4n) is 1.83. The lowest BCUT2D eigenvalue weighted by Gasteiger charge is -2.17. The average Bonchev–Trinajstić information content (AvgIpc) is 2.64. The highest BCUT2D eigenvalue weighted by Gasteiger charge is 2.31. The van der Waals surface area contributed by atoms with Crippen molar-refractivity contribution in [2.45, 2.75) is 32.2 Å². The Balaban J connectivity index is 2.43. The Kier molecular flexibility index (Phi) is 5.13. The van der Waals surface area contributed by atoms with Crippen LogP contribution in [0.5, 0.6) is 0 Å². The first-order chi connectivity index (χ1) is 8.35. The van der Waals surface area contributed by atoms with E-state index in [4.69, 9.17) is 0 Å². The topological polar surface area (TPSA) is 83.6 Å². The molecule has 0 aromatic heterocycles. The summed E-state index contributed by atoms with van der Waals surface area (Å²) in [6.45, 7) is 2.54. The van der Waals surface area contributed by atoms with Crippen LogP contribution in [0.25, 0.3) is 0 Å². The quantitative estimate of drug-likeness (QED) is 0.705. The molecule has 0 aliphatic carbocycles. The first-order valence-electron chi connectivity index (χ1n) is 6.12.